The lowest BCUT2D eigenvalue weighted by molar-refractivity contribution is 0.0993. The Balaban J connectivity index is 2.01. The highest BCUT2D eigenvalue weighted by atomic mass is 16.5. The Morgan fingerprint density at radius 2 is 2.12 bits per heavy atom. The van der Waals surface area contributed by atoms with E-state index >= 15 is 0 Å². The van der Waals surface area contributed by atoms with Crippen LogP contribution in [0.2, 0.25) is 0 Å². The number of carbonyl (C=O) groups is 1. The highest BCUT2D eigenvalue weighted by Gasteiger charge is 2.24. The number of hydrogen-bond acceptors (Lipinski definition) is 6. The third-order valence-electron chi connectivity index (χ3n) is 3.96. The van der Waals surface area contributed by atoms with E-state index in [1.807, 2.05) is 37.6 Å². The number of methoxy groups -OCH3 is 1. The van der Waals surface area contributed by atoms with Crippen LogP contribution in [0.1, 0.15) is 42.5 Å². The summed E-state index contributed by atoms with van der Waals surface area (Å²) in [6.45, 7) is 6.54. The molecule has 3 heterocycles. The van der Waals surface area contributed by atoms with Crippen LogP contribution < -0.4 is 5.73 Å². The molecule has 25 heavy (non-hydrogen) atoms. The highest BCUT2D eigenvalue weighted by Crippen LogP contribution is 2.29. The predicted octanol–water partition coefficient (Wildman–Crippen LogP) is 2.06. The molecule has 3 rings (SSSR count). The lowest BCUT2D eigenvalue weighted by Crippen LogP contribution is -2.21. The number of nitrogens with zero attached hydrogens (tertiary/aromatic N) is 4. The van der Waals surface area contributed by atoms with Gasteiger partial charge >= 0.3 is 0 Å². The standard InChI is InChI=1S/C17H22N6O2/c1-17(2,3)23-7-12(14-15(18)19-9-20-16(14)23)13(24)6-10-5-11(8-25-4)22-21-10/h5,7,9H,6,8H2,1-4H3,(H,21,22)(H2,18,19,20). The van der Waals surface area contributed by atoms with E-state index in [2.05, 4.69) is 20.2 Å². The van der Waals surface area contributed by atoms with Gasteiger partial charge in [-0.1, -0.05) is 0 Å². The van der Waals surface area contributed by atoms with Crippen LogP contribution in [0.25, 0.3) is 11.0 Å². The Bertz CT molecular complexity index is 919. The first-order chi connectivity index (χ1) is 11.8. The molecule has 3 N–H and O–H groups in total. The quantitative estimate of drug-likeness (QED) is 0.687. The van der Waals surface area contributed by atoms with Gasteiger partial charge in [0.05, 0.1) is 24.1 Å². The van der Waals surface area contributed by atoms with Crippen LogP contribution in [-0.2, 0) is 23.3 Å². The molecule has 8 heteroatoms. The number of aromatic amines is 1. The molecule has 0 aliphatic carbocycles. The van der Waals surface area contributed by atoms with E-state index in [-0.39, 0.29) is 17.7 Å². The molecule has 0 spiro atoms. The molecule has 0 atom stereocenters. The molecule has 0 aliphatic heterocycles. The van der Waals surface area contributed by atoms with Crippen molar-refractivity contribution in [3.8, 4) is 0 Å². The van der Waals surface area contributed by atoms with Crippen molar-refractivity contribution in [2.45, 2.75) is 39.3 Å². The van der Waals surface area contributed by atoms with Crippen LogP contribution in [0.15, 0.2) is 18.6 Å². The van der Waals surface area contributed by atoms with E-state index in [4.69, 9.17) is 10.5 Å². The first kappa shape index (κ1) is 17.1. The van der Waals surface area contributed by atoms with Gasteiger partial charge in [-0.25, -0.2) is 9.97 Å². The number of fused-ring (bicyclic) bond motifs is 1. The minimum absolute atomic E-state index is 0.0675. The van der Waals surface area contributed by atoms with Crippen LogP contribution in [0.3, 0.4) is 0 Å². The summed E-state index contributed by atoms with van der Waals surface area (Å²) in [5, 5.41) is 7.59. The zero-order valence-electron chi connectivity index (χ0n) is 14.8. The van der Waals surface area contributed by atoms with Gasteiger partial charge in [-0.3, -0.25) is 9.89 Å². The molecule has 8 nitrogen and oxygen atoms in total. The Hall–Kier alpha value is -2.74. The number of H-pyrrole nitrogens is 1. The van der Waals surface area contributed by atoms with E-state index in [9.17, 15) is 4.79 Å². The predicted molar refractivity (Wildman–Crippen MR) is 94.3 cm³/mol. The fourth-order valence-corrected chi connectivity index (χ4v) is 2.80. The van der Waals surface area contributed by atoms with Crippen molar-refractivity contribution in [1.29, 1.82) is 0 Å². The summed E-state index contributed by atoms with van der Waals surface area (Å²) in [6, 6.07) is 1.82. The fraction of sp³-hybridized carbons (Fsp3) is 0.412. The maximum atomic E-state index is 12.9. The molecule has 0 aromatic carbocycles. The van der Waals surface area contributed by atoms with Gasteiger partial charge < -0.3 is 15.0 Å². The molecule has 3 aromatic rings. The monoisotopic (exact) mass is 342 g/mol. The summed E-state index contributed by atoms with van der Waals surface area (Å²) in [5.74, 6) is 0.239. The van der Waals surface area contributed by atoms with E-state index < -0.39 is 0 Å². The molecule has 0 unspecified atom stereocenters. The molecular weight excluding hydrogens is 320 g/mol. The summed E-state index contributed by atoms with van der Waals surface area (Å²) in [5.41, 5.74) is 8.46. The highest BCUT2D eigenvalue weighted by molar-refractivity contribution is 6.11. The van der Waals surface area contributed by atoms with Crippen LogP contribution in [0, 0.1) is 0 Å². The lowest BCUT2D eigenvalue weighted by atomic mass is 10.1. The van der Waals surface area contributed by atoms with Gasteiger partial charge in [-0.05, 0) is 26.8 Å². The van der Waals surface area contributed by atoms with E-state index in [0.29, 0.717) is 29.0 Å². The second kappa shape index (κ2) is 6.29. The minimum Gasteiger partial charge on any atom is -0.383 e. The zero-order chi connectivity index (χ0) is 18.2. The first-order valence-electron chi connectivity index (χ1n) is 7.98. The number of carbonyl (C=O) groups excluding carboxylic acids is 1. The summed E-state index contributed by atoms with van der Waals surface area (Å²) >= 11 is 0. The summed E-state index contributed by atoms with van der Waals surface area (Å²) in [4.78, 5) is 21.3. The maximum absolute atomic E-state index is 12.9. The Kier molecular flexibility index (Phi) is 4.30. The Morgan fingerprint density at radius 3 is 2.80 bits per heavy atom. The van der Waals surface area contributed by atoms with Gasteiger partial charge in [0.1, 0.15) is 17.8 Å². The Labute approximate surface area is 145 Å². The van der Waals surface area contributed by atoms with Gasteiger partial charge in [0, 0.05) is 30.1 Å². The molecule has 132 valence electrons. The third-order valence-corrected chi connectivity index (χ3v) is 3.96. The number of Topliss-reactive ketones (excluding diaryl/α,β-unsaturated/α-hetero) is 1. The fourth-order valence-electron chi connectivity index (χ4n) is 2.80. The SMILES string of the molecule is COCc1cc(CC(=O)c2cn(C(C)(C)C)c3ncnc(N)c23)[nH]n1. The number of aromatic nitrogens is 5. The normalized spacial score (nSPS) is 12.0. The molecule has 0 saturated heterocycles. The zero-order valence-corrected chi connectivity index (χ0v) is 14.8. The van der Waals surface area contributed by atoms with E-state index in [1.165, 1.54) is 6.33 Å². The van der Waals surface area contributed by atoms with Gasteiger partial charge in [-0.2, -0.15) is 5.10 Å². The van der Waals surface area contributed by atoms with Crippen molar-refractivity contribution in [1.82, 2.24) is 24.7 Å². The molecule has 0 amide bonds. The van der Waals surface area contributed by atoms with Crippen molar-refractivity contribution >= 4 is 22.6 Å². The van der Waals surface area contributed by atoms with Gasteiger partial charge in [0.25, 0.3) is 0 Å². The number of ether oxygens (including phenoxy) is 1. The van der Waals surface area contributed by atoms with Gasteiger partial charge in [0.15, 0.2) is 5.78 Å². The average molecular weight is 342 g/mol. The first-order valence-corrected chi connectivity index (χ1v) is 7.98. The number of nitrogens with two attached hydrogens (primary N) is 1. The molecule has 0 fully saturated rings. The second-order valence-corrected chi connectivity index (χ2v) is 6.96. The van der Waals surface area contributed by atoms with Gasteiger partial charge in [0.2, 0.25) is 0 Å². The summed E-state index contributed by atoms with van der Waals surface area (Å²) in [6.07, 6.45) is 3.42. The van der Waals surface area contributed by atoms with Crippen LogP contribution in [0.5, 0.6) is 0 Å². The smallest absolute Gasteiger partial charge is 0.171 e. The van der Waals surface area contributed by atoms with Crippen molar-refractivity contribution in [2.75, 3.05) is 12.8 Å². The third kappa shape index (κ3) is 3.25. The van der Waals surface area contributed by atoms with Crippen molar-refractivity contribution in [3.05, 3.63) is 35.5 Å². The lowest BCUT2D eigenvalue weighted by Gasteiger charge is -2.21. The van der Waals surface area contributed by atoms with E-state index in [1.54, 1.807) is 7.11 Å². The second-order valence-electron chi connectivity index (χ2n) is 6.96. The number of anilines is 1. The molecule has 0 aliphatic rings. The summed E-state index contributed by atoms with van der Waals surface area (Å²) in [7, 11) is 1.60. The molecule has 3 aromatic heterocycles. The minimum atomic E-state index is -0.239. The molecular formula is C17H22N6O2. The Morgan fingerprint density at radius 1 is 1.36 bits per heavy atom. The average Bonchev–Trinajstić information content (AvgIpc) is 3.12. The van der Waals surface area contributed by atoms with Crippen LogP contribution in [-0.4, -0.2) is 37.6 Å². The van der Waals surface area contributed by atoms with Crippen LogP contribution in [0.4, 0.5) is 5.82 Å². The number of rotatable bonds is 5. The van der Waals surface area contributed by atoms with Crippen molar-refractivity contribution in [3.63, 3.8) is 0 Å². The number of nitrogens with one attached hydrogen (secondary N) is 1. The number of nitrogen functional groups attached to an aromatic ring is 1. The molecule has 0 saturated carbocycles. The van der Waals surface area contributed by atoms with E-state index in [0.717, 1.165) is 11.4 Å². The number of hydrogen-bond donors (Lipinski definition) is 2. The maximum Gasteiger partial charge on any atom is 0.171 e. The molecule has 0 radical (unpaired) electrons. The van der Waals surface area contributed by atoms with Crippen molar-refractivity contribution in [2.24, 2.45) is 0 Å². The number of ketones is 1. The van der Waals surface area contributed by atoms with Gasteiger partial charge in [-0.15, -0.1) is 0 Å². The van der Waals surface area contributed by atoms with Crippen molar-refractivity contribution < 1.29 is 9.53 Å². The largest absolute Gasteiger partial charge is 0.383 e. The summed E-state index contributed by atoms with van der Waals surface area (Å²) < 4.78 is 7.00. The topological polar surface area (TPSA) is 112 Å². The van der Waals surface area contributed by atoms with Crippen LogP contribution >= 0.6 is 0 Å². The molecule has 0 bridgehead atoms.